The molecule has 94 valence electrons. The van der Waals surface area contributed by atoms with Crippen molar-refractivity contribution in [3.8, 4) is 0 Å². The summed E-state index contributed by atoms with van der Waals surface area (Å²) in [6.45, 7) is 1.38. The molecule has 0 radical (unpaired) electrons. The molecule has 5 N–H and O–H groups in total. The molecule has 7 nitrogen and oxygen atoms in total. The number of rotatable bonds is 2. The number of amides is 1. The Labute approximate surface area is 93.4 Å². The predicted molar refractivity (Wildman–Crippen MR) is 54.4 cm³/mol. The van der Waals surface area contributed by atoms with Crippen LogP contribution in [-0.4, -0.2) is 65.5 Å². The molecule has 0 bridgehead atoms. The largest absolute Gasteiger partial charge is 0.390 e. The Morgan fingerprint density at radius 2 is 2.00 bits per heavy atom. The molecule has 7 heteroatoms. The van der Waals surface area contributed by atoms with Gasteiger partial charge in [0.15, 0.2) is 0 Å². The highest BCUT2D eigenvalue weighted by Crippen LogP contribution is 2.13. The zero-order chi connectivity index (χ0) is 12.3. The van der Waals surface area contributed by atoms with Crippen LogP contribution in [0.3, 0.4) is 0 Å². The van der Waals surface area contributed by atoms with Crippen LogP contribution in [0.25, 0.3) is 0 Å². The van der Waals surface area contributed by atoms with E-state index < -0.39 is 30.6 Å². The minimum atomic E-state index is -1.29. The van der Waals surface area contributed by atoms with Gasteiger partial charge in [0.2, 0.25) is 5.91 Å². The van der Waals surface area contributed by atoms with Gasteiger partial charge >= 0.3 is 0 Å². The lowest BCUT2D eigenvalue weighted by Gasteiger charge is -2.28. The normalized spacial score (nSPS) is 40.2. The van der Waals surface area contributed by atoms with Gasteiger partial charge in [-0.15, -0.1) is 0 Å². The third-order valence-electron chi connectivity index (χ3n) is 2.59. The standard InChI is InChI=1S/C9H18N2O5/c1-4(12)11-6-5(13)3-10-9(16-2)8(15)7(6)14/h5-10,13-15H,3H2,1-2H3,(H,11,12)/t5-,6+,7+,8-,9-/m0/s1. The topological polar surface area (TPSA) is 111 Å². The van der Waals surface area contributed by atoms with Gasteiger partial charge in [0, 0.05) is 20.6 Å². The number of nitrogens with one attached hydrogen (secondary N) is 2. The van der Waals surface area contributed by atoms with Crippen LogP contribution in [0.15, 0.2) is 0 Å². The first-order chi connectivity index (χ1) is 7.47. The van der Waals surface area contributed by atoms with E-state index in [1.54, 1.807) is 0 Å². The van der Waals surface area contributed by atoms with E-state index in [0.717, 1.165) is 0 Å². The van der Waals surface area contributed by atoms with E-state index in [1.807, 2.05) is 0 Å². The van der Waals surface area contributed by atoms with Crippen molar-refractivity contribution >= 4 is 5.91 Å². The maximum Gasteiger partial charge on any atom is 0.217 e. The summed E-state index contributed by atoms with van der Waals surface area (Å²) in [4.78, 5) is 10.9. The predicted octanol–water partition coefficient (Wildman–Crippen LogP) is -2.85. The molecule has 0 aromatic rings. The SMILES string of the molecule is CO[C@@H]1NC[C@H](O)[C@@H](NC(C)=O)[C@@H](O)[C@@H]1O. The van der Waals surface area contributed by atoms with E-state index in [0.29, 0.717) is 0 Å². The van der Waals surface area contributed by atoms with E-state index >= 15 is 0 Å². The number of hydrogen-bond acceptors (Lipinski definition) is 6. The van der Waals surface area contributed by atoms with Gasteiger partial charge in [-0.05, 0) is 0 Å². The van der Waals surface area contributed by atoms with Crippen LogP contribution in [0.1, 0.15) is 6.92 Å². The van der Waals surface area contributed by atoms with Crippen LogP contribution in [0.5, 0.6) is 0 Å². The van der Waals surface area contributed by atoms with E-state index in [-0.39, 0.29) is 12.5 Å². The van der Waals surface area contributed by atoms with E-state index in [4.69, 9.17) is 4.74 Å². The number of aliphatic hydroxyl groups is 3. The zero-order valence-corrected chi connectivity index (χ0v) is 9.25. The zero-order valence-electron chi connectivity index (χ0n) is 9.25. The molecule has 0 aromatic heterocycles. The maximum absolute atomic E-state index is 10.9. The highest BCUT2D eigenvalue weighted by atomic mass is 16.5. The molecule has 1 heterocycles. The Morgan fingerprint density at radius 1 is 1.38 bits per heavy atom. The molecule has 0 aromatic carbocycles. The van der Waals surface area contributed by atoms with Crippen LogP contribution in [0.4, 0.5) is 0 Å². The molecule has 1 amide bonds. The van der Waals surface area contributed by atoms with Gasteiger partial charge in [0.05, 0.1) is 12.1 Å². The summed E-state index contributed by atoms with van der Waals surface area (Å²) in [6.07, 6.45) is -4.28. The Kier molecular flexibility index (Phi) is 4.63. The van der Waals surface area contributed by atoms with Crippen molar-refractivity contribution in [1.29, 1.82) is 0 Å². The highest BCUT2D eigenvalue weighted by molar-refractivity contribution is 5.73. The fourth-order valence-electron chi connectivity index (χ4n) is 1.74. The second-order valence-corrected chi connectivity index (χ2v) is 3.84. The number of hydrogen-bond donors (Lipinski definition) is 5. The van der Waals surface area contributed by atoms with Crippen molar-refractivity contribution in [1.82, 2.24) is 10.6 Å². The molecular formula is C9H18N2O5. The first-order valence-electron chi connectivity index (χ1n) is 5.05. The molecule has 1 saturated heterocycles. The van der Waals surface area contributed by atoms with Crippen molar-refractivity contribution in [2.75, 3.05) is 13.7 Å². The van der Waals surface area contributed by atoms with Crippen molar-refractivity contribution in [2.45, 2.75) is 37.5 Å². The highest BCUT2D eigenvalue weighted by Gasteiger charge is 2.40. The molecule has 0 saturated carbocycles. The summed E-state index contributed by atoms with van der Waals surface area (Å²) in [5.74, 6) is -0.383. The molecule has 0 spiro atoms. The molecule has 0 aliphatic carbocycles. The van der Waals surface area contributed by atoms with Crippen molar-refractivity contribution in [3.63, 3.8) is 0 Å². The Hall–Kier alpha value is -0.730. The number of ether oxygens (including phenoxy) is 1. The number of carbonyl (C=O) groups excluding carboxylic acids is 1. The lowest BCUT2D eigenvalue weighted by atomic mass is 10.0. The molecule has 1 rings (SSSR count). The third kappa shape index (κ3) is 2.89. The molecule has 5 atom stereocenters. The van der Waals surface area contributed by atoms with Crippen molar-refractivity contribution in [2.24, 2.45) is 0 Å². The van der Waals surface area contributed by atoms with Crippen molar-refractivity contribution in [3.05, 3.63) is 0 Å². The second-order valence-electron chi connectivity index (χ2n) is 3.84. The fraction of sp³-hybridized carbons (Fsp3) is 0.889. The van der Waals surface area contributed by atoms with Crippen LogP contribution < -0.4 is 10.6 Å². The molecule has 1 aliphatic rings. The second kappa shape index (κ2) is 5.55. The first kappa shape index (κ1) is 13.3. The fourth-order valence-corrected chi connectivity index (χ4v) is 1.74. The van der Waals surface area contributed by atoms with Gasteiger partial charge in [-0.25, -0.2) is 0 Å². The maximum atomic E-state index is 10.9. The van der Waals surface area contributed by atoms with Gasteiger partial charge in [-0.3, -0.25) is 10.1 Å². The Morgan fingerprint density at radius 3 is 2.50 bits per heavy atom. The van der Waals surface area contributed by atoms with Gasteiger partial charge in [0.1, 0.15) is 18.4 Å². The smallest absolute Gasteiger partial charge is 0.217 e. The average molecular weight is 234 g/mol. The van der Waals surface area contributed by atoms with Crippen LogP contribution in [0.2, 0.25) is 0 Å². The molecule has 0 unspecified atom stereocenters. The first-order valence-corrected chi connectivity index (χ1v) is 5.05. The van der Waals surface area contributed by atoms with Crippen LogP contribution in [0, 0.1) is 0 Å². The summed E-state index contributed by atoms with van der Waals surface area (Å²) in [7, 11) is 1.37. The average Bonchev–Trinajstić information content (AvgIpc) is 2.32. The van der Waals surface area contributed by atoms with E-state index in [2.05, 4.69) is 10.6 Å². The van der Waals surface area contributed by atoms with Crippen LogP contribution in [-0.2, 0) is 9.53 Å². The van der Waals surface area contributed by atoms with Crippen LogP contribution >= 0.6 is 0 Å². The lowest BCUT2D eigenvalue weighted by molar-refractivity contribution is -0.124. The summed E-state index contributed by atoms with van der Waals surface area (Å²) in [5.41, 5.74) is 0. The Bertz CT molecular complexity index is 250. The quantitative estimate of drug-likeness (QED) is 0.352. The number of methoxy groups -OCH3 is 1. The summed E-state index contributed by atoms with van der Waals surface area (Å²) in [5, 5.41) is 34.3. The third-order valence-corrected chi connectivity index (χ3v) is 2.59. The van der Waals surface area contributed by atoms with Crippen molar-refractivity contribution < 1.29 is 24.9 Å². The minimum Gasteiger partial charge on any atom is -0.390 e. The molecule has 16 heavy (non-hydrogen) atoms. The molecule has 1 fully saturated rings. The summed E-state index contributed by atoms with van der Waals surface area (Å²) >= 11 is 0. The summed E-state index contributed by atoms with van der Waals surface area (Å²) < 4.78 is 4.91. The van der Waals surface area contributed by atoms with Gasteiger partial charge in [-0.2, -0.15) is 0 Å². The molecular weight excluding hydrogens is 216 g/mol. The Balaban J connectivity index is 2.78. The van der Waals surface area contributed by atoms with Gasteiger partial charge in [-0.1, -0.05) is 0 Å². The summed E-state index contributed by atoms with van der Waals surface area (Å²) in [6, 6.07) is -0.917. The number of β-amino-alcohol motifs (C(OH)–C–C–N with tert-alkyl or cyclic N) is 1. The number of aliphatic hydroxyl groups excluding tert-OH is 3. The van der Waals surface area contributed by atoms with Gasteiger partial charge < -0.3 is 25.4 Å². The van der Waals surface area contributed by atoms with E-state index in [1.165, 1.54) is 14.0 Å². The lowest BCUT2D eigenvalue weighted by Crippen LogP contribution is -2.55. The number of carbonyl (C=O) groups is 1. The van der Waals surface area contributed by atoms with Gasteiger partial charge in [0.25, 0.3) is 0 Å². The minimum absolute atomic E-state index is 0.109. The van der Waals surface area contributed by atoms with E-state index in [9.17, 15) is 20.1 Å². The molecule has 1 aliphatic heterocycles. The monoisotopic (exact) mass is 234 g/mol.